The van der Waals surface area contributed by atoms with Crippen molar-refractivity contribution in [2.24, 2.45) is 0 Å². The molecule has 1 aliphatic rings. The Labute approximate surface area is 243 Å². The molecule has 0 saturated carbocycles. The summed E-state index contributed by atoms with van der Waals surface area (Å²) in [7, 11) is 1.63. The number of aromatic amines is 1. The number of H-pyrrole nitrogens is 1. The number of imidazole rings is 1. The monoisotopic (exact) mass is 599 g/mol. The van der Waals surface area contributed by atoms with E-state index in [9.17, 15) is 22.8 Å². The number of aliphatic carboxylic acids is 1. The van der Waals surface area contributed by atoms with Crippen molar-refractivity contribution in [1.29, 1.82) is 0 Å². The van der Waals surface area contributed by atoms with Crippen molar-refractivity contribution in [3.63, 3.8) is 0 Å². The predicted octanol–water partition coefficient (Wildman–Crippen LogP) is 5.28. The van der Waals surface area contributed by atoms with Gasteiger partial charge in [-0.15, -0.1) is 0 Å². The Bertz CT molecular complexity index is 1650. The molecule has 1 unspecified atom stereocenters. The topological polar surface area (TPSA) is 160 Å². The molecule has 0 bridgehead atoms. The summed E-state index contributed by atoms with van der Waals surface area (Å²) in [4.78, 5) is 45.9. The molecule has 1 aromatic carbocycles. The minimum Gasteiger partial charge on any atom is -0.496 e. The number of halogens is 3. The van der Waals surface area contributed by atoms with E-state index in [4.69, 9.17) is 19.2 Å². The van der Waals surface area contributed by atoms with Crippen LogP contribution in [0.4, 0.5) is 13.2 Å². The van der Waals surface area contributed by atoms with Crippen LogP contribution in [0.15, 0.2) is 59.5 Å². The van der Waals surface area contributed by atoms with Gasteiger partial charge < -0.3 is 24.7 Å². The van der Waals surface area contributed by atoms with Crippen molar-refractivity contribution in [3.8, 4) is 17.0 Å². The number of aromatic nitrogens is 4. The number of carbonyl (C=O) groups is 3. The number of alkyl halides is 3. The van der Waals surface area contributed by atoms with Gasteiger partial charge >= 0.3 is 12.1 Å². The third-order valence-corrected chi connectivity index (χ3v) is 6.76. The number of pyridine rings is 1. The van der Waals surface area contributed by atoms with Crippen LogP contribution in [-0.2, 0) is 15.1 Å². The Kier molecular flexibility index (Phi) is 9.27. The van der Waals surface area contributed by atoms with Gasteiger partial charge in [0.2, 0.25) is 5.91 Å². The number of Topliss-reactive ketones (excluding diaryl/α,β-unsaturated/α-hetero) is 1. The molecule has 1 saturated heterocycles. The number of ketones is 1. The standard InChI is InChI=1S/C27H27N5O4.C2HF3O2/c1-17-7-8-18-14-19(24(35-2)15-21(18)29-17)22-16-28-26(30-22)27(12-9-25(34)31-27)11-5-3-4-6-23(33)20-10-13-36-32-20;3-2(4,5)1(6)7/h3,5,7-8,10,13-16H,4,6,9,11-12H2,1-2H3,(H,28,30)(H,31,34);(H,6,7). The van der Waals surface area contributed by atoms with Gasteiger partial charge in [-0.05, 0) is 38.3 Å². The van der Waals surface area contributed by atoms with Gasteiger partial charge in [-0.2, -0.15) is 13.2 Å². The largest absolute Gasteiger partial charge is 0.496 e. The zero-order valence-electron chi connectivity index (χ0n) is 23.2. The number of hydrogen-bond donors (Lipinski definition) is 3. The molecule has 4 heterocycles. The van der Waals surface area contributed by atoms with E-state index in [2.05, 4.69) is 25.4 Å². The Morgan fingerprint density at radius 2 is 1.98 bits per heavy atom. The van der Waals surface area contributed by atoms with E-state index >= 15 is 0 Å². The second-order valence-corrected chi connectivity index (χ2v) is 9.80. The molecule has 1 amide bonds. The van der Waals surface area contributed by atoms with Gasteiger partial charge in [0.25, 0.3) is 0 Å². The van der Waals surface area contributed by atoms with E-state index in [0.717, 1.165) is 27.9 Å². The number of fused-ring (bicyclic) bond motifs is 1. The molecule has 1 atom stereocenters. The Morgan fingerprint density at radius 1 is 1.21 bits per heavy atom. The highest BCUT2D eigenvalue weighted by Gasteiger charge is 2.41. The van der Waals surface area contributed by atoms with Gasteiger partial charge in [-0.25, -0.2) is 9.78 Å². The average Bonchev–Trinajstić information content (AvgIpc) is 3.74. The van der Waals surface area contributed by atoms with Crippen LogP contribution in [0.25, 0.3) is 22.2 Å². The van der Waals surface area contributed by atoms with Gasteiger partial charge in [-0.1, -0.05) is 23.4 Å². The van der Waals surface area contributed by atoms with E-state index in [0.29, 0.717) is 49.4 Å². The molecular formula is C29H28F3N5O6. The van der Waals surface area contributed by atoms with Crippen LogP contribution in [0.5, 0.6) is 5.75 Å². The Hall–Kier alpha value is -5.01. The number of methoxy groups -OCH3 is 1. The normalized spacial score (nSPS) is 16.6. The lowest BCUT2D eigenvalue weighted by Gasteiger charge is -2.25. The number of benzene rings is 1. The summed E-state index contributed by atoms with van der Waals surface area (Å²) in [5.41, 5.74) is 3.17. The molecule has 11 nitrogen and oxygen atoms in total. The fourth-order valence-electron chi connectivity index (χ4n) is 4.58. The van der Waals surface area contributed by atoms with Gasteiger partial charge in [0.15, 0.2) is 5.78 Å². The van der Waals surface area contributed by atoms with Crippen LogP contribution in [0.2, 0.25) is 0 Å². The smallest absolute Gasteiger partial charge is 0.490 e. The summed E-state index contributed by atoms with van der Waals surface area (Å²) < 4.78 is 42.1. The number of carbonyl (C=O) groups excluding carboxylic acids is 2. The summed E-state index contributed by atoms with van der Waals surface area (Å²) >= 11 is 0. The third kappa shape index (κ3) is 7.45. The zero-order valence-corrected chi connectivity index (χ0v) is 23.2. The van der Waals surface area contributed by atoms with Crippen LogP contribution >= 0.6 is 0 Å². The fourth-order valence-corrected chi connectivity index (χ4v) is 4.58. The first-order valence-corrected chi connectivity index (χ1v) is 13.1. The highest BCUT2D eigenvalue weighted by Crippen LogP contribution is 2.37. The van der Waals surface area contributed by atoms with Crippen molar-refractivity contribution in [2.45, 2.75) is 50.7 Å². The highest BCUT2D eigenvalue weighted by atomic mass is 19.4. The molecule has 1 fully saturated rings. The summed E-state index contributed by atoms with van der Waals surface area (Å²) in [6, 6.07) is 9.53. The summed E-state index contributed by atoms with van der Waals surface area (Å²) in [6.07, 6.45) is 4.54. The SMILES string of the molecule is COc1cc2nc(C)ccc2cc1-c1cnc(C2(CC=CCCC(=O)c3ccon3)CCC(=O)N2)[nH]1.O=C(O)C(F)(F)F. The molecule has 43 heavy (non-hydrogen) atoms. The minimum absolute atomic E-state index is 0.00714. The van der Waals surface area contributed by atoms with Crippen molar-refractivity contribution >= 4 is 28.6 Å². The van der Waals surface area contributed by atoms with Crippen LogP contribution in [-0.4, -0.2) is 56.2 Å². The molecule has 0 spiro atoms. The van der Waals surface area contributed by atoms with Crippen LogP contribution in [0, 0.1) is 6.92 Å². The number of nitrogens with zero attached hydrogens (tertiary/aromatic N) is 3. The first kappa shape index (κ1) is 30.9. The summed E-state index contributed by atoms with van der Waals surface area (Å²) in [5, 5.41) is 14.9. The van der Waals surface area contributed by atoms with E-state index in [-0.39, 0.29) is 11.7 Å². The van der Waals surface area contributed by atoms with Crippen molar-refractivity contribution < 1.29 is 41.9 Å². The number of rotatable bonds is 9. The summed E-state index contributed by atoms with van der Waals surface area (Å²) in [5.74, 6) is -1.45. The maximum atomic E-state index is 12.2. The molecule has 226 valence electrons. The average molecular weight is 600 g/mol. The predicted molar refractivity (Wildman–Crippen MR) is 147 cm³/mol. The number of carboxylic acids is 1. The molecule has 0 radical (unpaired) electrons. The number of ether oxygens (including phenoxy) is 1. The lowest BCUT2D eigenvalue weighted by Crippen LogP contribution is -2.39. The molecular weight excluding hydrogens is 571 g/mol. The minimum atomic E-state index is -5.08. The second kappa shape index (κ2) is 12.9. The van der Waals surface area contributed by atoms with E-state index in [1.807, 2.05) is 43.3 Å². The molecule has 1 aliphatic heterocycles. The number of aryl methyl sites for hydroxylation is 1. The molecule has 3 aromatic heterocycles. The maximum absolute atomic E-state index is 12.2. The van der Waals surface area contributed by atoms with E-state index in [1.54, 1.807) is 19.4 Å². The van der Waals surface area contributed by atoms with Gasteiger partial charge in [0.05, 0.1) is 24.5 Å². The van der Waals surface area contributed by atoms with Crippen LogP contribution in [0.3, 0.4) is 0 Å². The Morgan fingerprint density at radius 3 is 2.60 bits per heavy atom. The zero-order chi connectivity index (χ0) is 31.2. The third-order valence-electron chi connectivity index (χ3n) is 6.76. The number of nitrogens with one attached hydrogen (secondary N) is 2. The number of carboxylic acid groups (broad SMARTS) is 1. The lowest BCUT2D eigenvalue weighted by atomic mass is 9.92. The molecule has 4 aromatic rings. The number of hydrogen-bond acceptors (Lipinski definition) is 8. The molecule has 14 heteroatoms. The van der Waals surface area contributed by atoms with Crippen LogP contribution < -0.4 is 10.1 Å². The molecule has 0 aliphatic carbocycles. The quantitative estimate of drug-likeness (QED) is 0.172. The van der Waals surface area contributed by atoms with Gasteiger partial charge in [0, 0.05) is 41.6 Å². The second-order valence-electron chi connectivity index (χ2n) is 9.80. The van der Waals surface area contributed by atoms with E-state index < -0.39 is 17.7 Å². The van der Waals surface area contributed by atoms with Crippen LogP contribution in [0.1, 0.15) is 54.1 Å². The van der Waals surface area contributed by atoms with Crippen molar-refractivity contribution in [1.82, 2.24) is 25.4 Å². The highest BCUT2D eigenvalue weighted by molar-refractivity contribution is 5.94. The van der Waals surface area contributed by atoms with E-state index in [1.165, 1.54) is 6.26 Å². The first-order valence-electron chi connectivity index (χ1n) is 13.1. The Balaban J connectivity index is 0.000000541. The maximum Gasteiger partial charge on any atom is 0.490 e. The van der Waals surface area contributed by atoms with Crippen molar-refractivity contribution in [3.05, 3.63) is 72.2 Å². The summed E-state index contributed by atoms with van der Waals surface area (Å²) in [6.45, 7) is 1.96. The molecule has 5 rings (SSSR count). The number of amides is 1. The fraction of sp³-hybridized carbons (Fsp3) is 0.310. The van der Waals surface area contributed by atoms with Gasteiger partial charge in [-0.3, -0.25) is 14.6 Å². The lowest BCUT2D eigenvalue weighted by molar-refractivity contribution is -0.192. The number of allylic oxidation sites excluding steroid dienone is 1. The van der Waals surface area contributed by atoms with Crippen molar-refractivity contribution in [2.75, 3.05) is 7.11 Å². The van der Waals surface area contributed by atoms with Gasteiger partial charge in [0.1, 0.15) is 29.1 Å². The molecule has 3 N–H and O–H groups in total. The first-order chi connectivity index (χ1) is 20.4.